The Labute approximate surface area is 152 Å². The molecule has 4 rings (SSSR count). The summed E-state index contributed by atoms with van der Waals surface area (Å²) in [7, 11) is 0. The van der Waals surface area contributed by atoms with Crippen LogP contribution in [0.25, 0.3) is 15.9 Å². The Morgan fingerprint density at radius 2 is 2.20 bits per heavy atom. The Morgan fingerprint density at radius 1 is 1.36 bits per heavy atom. The first kappa shape index (κ1) is 16.7. The van der Waals surface area contributed by atoms with Gasteiger partial charge in [0.15, 0.2) is 5.65 Å². The third kappa shape index (κ3) is 3.00. The number of thiophene rings is 1. The van der Waals surface area contributed by atoms with Gasteiger partial charge in [0.25, 0.3) is 0 Å². The van der Waals surface area contributed by atoms with Gasteiger partial charge in [0.2, 0.25) is 5.95 Å². The third-order valence-electron chi connectivity index (χ3n) is 5.27. The van der Waals surface area contributed by atoms with Crippen LogP contribution in [0, 0.1) is 5.92 Å². The van der Waals surface area contributed by atoms with E-state index in [0.717, 1.165) is 54.9 Å². The van der Waals surface area contributed by atoms with Crippen LogP contribution in [-0.2, 0) is 12.8 Å². The van der Waals surface area contributed by atoms with Crippen LogP contribution in [-0.4, -0.2) is 50.7 Å². The van der Waals surface area contributed by atoms with Crippen molar-refractivity contribution in [3.8, 4) is 0 Å². The molecule has 1 unspecified atom stereocenters. The van der Waals surface area contributed by atoms with Gasteiger partial charge >= 0.3 is 0 Å². The zero-order valence-corrected chi connectivity index (χ0v) is 16.1. The zero-order chi connectivity index (χ0) is 17.4. The van der Waals surface area contributed by atoms with Crippen LogP contribution in [0.4, 0.5) is 5.95 Å². The number of nitrogens with zero attached hydrogens (tertiary/aromatic N) is 5. The average Bonchev–Trinajstić information content (AvgIpc) is 3.22. The third-order valence-corrected chi connectivity index (χ3v) is 6.46. The molecule has 0 spiro atoms. The van der Waals surface area contributed by atoms with Gasteiger partial charge in [-0.05, 0) is 43.8 Å². The standard InChI is InChI=1S/C18H26N6S/c1-4-23(5-2)9-8-19-18-22-17-15(16-20-11-21-24(16)18)13-10-12(3)6-7-14(13)25-17/h11-12H,4-10H2,1-3H3,(H,19,22). The van der Waals surface area contributed by atoms with Gasteiger partial charge in [0.1, 0.15) is 11.2 Å². The average molecular weight is 359 g/mol. The second-order valence-electron chi connectivity index (χ2n) is 6.92. The minimum Gasteiger partial charge on any atom is -0.353 e. The van der Waals surface area contributed by atoms with Crippen molar-refractivity contribution in [3.05, 3.63) is 16.8 Å². The monoisotopic (exact) mass is 358 g/mol. The molecule has 25 heavy (non-hydrogen) atoms. The Kier molecular flexibility index (Phi) is 4.60. The van der Waals surface area contributed by atoms with Crippen LogP contribution in [0.2, 0.25) is 0 Å². The molecule has 3 heterocycles. The maximum atomic E-state index is 4.90. The van der Waals surface area contributed by atoms with Crippen molar-refractivity contribution in [2.24, 2.45) is 5.92 Å². The number of aromatic nitrogens is 4. The second-order valence-corrected chi connectivity index (χ2v) is 8.00. The second kappa shape index (κ2) is 6.88. The Balaban J connectivity index is 1.70. The minimum atomic E-state index is 0.736. The van der Waals surface area contributed by atoms with Crippen molar-refractivity contribution in [2.75, 3.05) is 31.5 Å². The molecule has 0 saturated heterocycles. The van der Waals surface area contributed by atoms with Crippen LogP contribution in [0.5, 0.6) is 0 Å². The van der Waals surface area contributed by atoms with Crippen LogP contribution in [0.1, 0.15) is 37.6 Å². The molecular weight excluding hydrogens is 332 g/mol. The smallest absolute Gasteiger partial charge is 0.227 e. The lowest BCUT2D eigenvalue weighted by atomic mass is 9.89. The number of fused-ring (bicyclic) bond motifs is 5. The van der Waals surface area contributed by atoms with Gasteiger partial charge in [0, 0.05) is 18.0 Å². The van der Waals surface area contributed by atoms with Crippen molar-refractivity contribution >= 4 is 33.1 Å². The van der Waals surface area contributed by atoms with E-state index in [1.54, 1.807) is 6.33 Å². The number of nitrogens with one attached hydrogen (secondary N) is 1. The van der Waals surface area contributed by atoms with Crippen molar-refractivity contribution in [2.45, 2.75) is 40.0 Å². The summed E-state index contributed by atoms with van der Waals surface area (Å²) in [6.07, 6.45) is 5.22. The summed E-state index contributed by atoms with van der Waals surface area (Å²) in [5, 5.41) is 9.12. The molecular formula is C18H26N6S. The van der Waals surface area contributed by atoms with Crippen molar-refractivity contribution in [1.29, 1.82) is 0 Å². The number of hydrogen-bond donors (Lipinski definition) is 1. The fraction of sp³-hybridized carbons (Fsp3) is 0.611. The number of likely N-dealkylation sites (N-methyl/N-ethyl adjacent to an activating group) is 1. The van der Waals surface area contributed by atoms with E-state index in [1.165, 1.54) is 28.7 Å². The molecule has 0 radical (unpaired) electrons. The van der Waals surface area contributed by atoms with E-state index in [4.69, 9.17) is 4.98 Å². The quantitative estimate of drug-likeness (QED) is 0.733. The summed E-state index contributed by atoms with van der Waals surface area (Å²) in [5.41, 5.74) is 2.40. The van der Waals surface area contributed by atoms with Gasteiger partial charge in [-0.1, -0.05) is 20.8 Å². The highest BCUT2D eigenvalue weighted by atomic mass is 32.1. The van der Waals surface area contributed by atoms with Gasteiger partial charge in [-0.15, -0.1) is 11.3 Å². The summed E-state index contributed by atoms with van der Waals surface area (Å²) < 4.78 is 1.87. The molecule has 1 aliphatic rings. The largest absolute Gasteiger partial charge is 0.353 e. The van der Waals surface area contributed by atoms with Crippen LogP contribution in [0.15, 0.2) is 6.33 Å². The maximum absolute atomic E-state index is 4.90. The Bertz CT molecular complexity index is 879. The zero-order valence-electron chi connectivity index (χ0n) is 15.2. The van der Waals surface area contributed by atoms with E-state index in [1.807, 2.05) is 15.9 Å². The SMILES string of the molecule is CCN(CC)CCNc1nc2sc3c(c2c2ncnn12)CC(C)CC3. The summed E-state index contributed by atoms with van der Waals surface area (Å²) >= 11 is 1.84. The van der Waals surface area contributed by atoms with Crippen molar-refractivity contribution in [1.82, 2.24) is 24.5 Å². The molecule has 6 nitrogen and oxygen atoms in total. The van der Waals surface area contributed by atoms with Crippen LogP contribution in [0.3, 0.4) is 0 Å². The highest BCUT2D eigenvalue weighted by Gasteiger charge is 2.24. The summed E-state index contributed by atoms with van der Waals surface area (Å²) in [4.78, 5) is 14.5. The van der Waals surface area contributed by atoms with Crippen molar-refractivity contribution < 1.29 is 0 Å². The maximum Gasteiger partial charge on any atom is 0.227 e. The number of aryl methyl sites for hydroxylation is 1. The van der Waals surface area contributed by atoms with E-state index in [0.29, 0.717) is 0 Å². The molecule has 0 saturated carbocycles. The van der Waals surface area contributed by atoms with E-state index in [-0.39, 0.29) is 0 Å². The van der Waals surface area contributed by atoms with Crippen molar-refractivity contribution in [3.63, 3.8) is 0 Å². The molecule has 1 aliphatic carbocycles. The Morgan fingerprint density at radius 3 is 3.00 bits per heavy atom. The molecule has 0 amide bonds. The van der Waals surface area contributed by atoms with Gasteiger partial charge in [-0.2, -0.15) is 9.61 Å². The molecule has 0 aliphatic heterocycles. The first-order valence-electron chi connectivity index (χ1n) is 9.31. The van der Waals surface area contributed by atoms with E-state index in [9.17, 15) is 0 Å². The minimum absolute atomic E-state index is 0.736. The summed E-state index contributed by atoms with van der Waals surface area (Å²) in [6, 6.07) is 0. The molecule has 134 valence electrons. The van der Waals surface area contributed by atoms with Gasteiger partial charge in [-0.3, -0.25) is 0 Å². The number of anilines is 1. The fourth-order valence-corrected chi connectivity index (χ4v) is 4.95. The topological polar surface area (TPSA) is 58.3 Å². The fourth-order valence-electron chi connectivity index (χ4n) is 3.74. The molecule has 7 heteroatoms. The molecule has 1 N–H and O–H groups in total. The van der Waals surface area contributed by atoms with Gasteiger partial charge in [-0.25, -0.2) is 9.97 Å². The van der Waals surface area contributed by atoms with E-state index in [2.05, 4.69) is 41.1 Å². The van der Waals surface area contributed by atoms with Crippen LogP contribution >= 0.6 is 11.3 Å². The predicted octanol–water partition coefficient (Wildman–Crippen LogP) is 3.22. The Hall–Kier alpha value is -1.73. The predicted molar refractivity (Wildman–Crippen MR) is 104 cm³/mol. The molecule has 0 aromatic carbocycles. The molecule has 3 aromatic rings. The first-order valence-corrected chi connectivity index (χ1v) is 10.1. The van der Waals surface area contributed by atoms with E-state index >= 15 is 0 Å². The molecule has 1 atom stereocenters. The first-order chi connectivity index (χ1) is 12.2. The van der Waals surface area contributed by atoms with Gasteiger partial charge < -0.3 is 10.2 Å². The molecule has 0 bridgehead atoms. The lowest BCUT2D eigenvalue weighted by Crippen LogP contribution is -2.29. The lowest BCUT2D eigenvalue weighted by molar-refractivity contribution is 0.315. The van der Waals surface area contributed by atoms with Gasteiger partial charge in [0.05, 0.1) is 5.39 Å². The molecule has 3 aromatic heterocycles. The normalized spacial score (nSPS) is 17.5. The molecule has 0 fully saturated rings. The lowest BCUT2D eigenvalue weighted by Gasteiger charge is -2.18. The van der Waals surface area contributed by atoms with Crippen LogP contribution < -0.4 is 5.32 Å². The number of rotatable bonds is 6. The summed E-state index contributed by atoms with van der Waals surface area (Å²) in [5.74, 6) is 1.54. The highest BCUT2D eigenvalue weighted by molar-refractivity contribution is 7.19. The summed E-state index contributed by atoms with van der Waals surface area (Å²) in [6.45, 7) is 10.7. The highest BCUT2D eigenvalue weighted by Crippen LogP contribution is 2.39. The van der Waals surface area contributed by atoms with E-state index < -0.39 is 0 Å². The number of hydrogen-bond acceptors (Lipinski definition) is 6.